The smallest absolute Gasteiger partial charge is 0.144 e. The molecule has 0 unspecified atom stereocenters. The van der Waals surface area contributed by atoms with Crippen molar-refractivity contribution in [1.82, 2.24) is 14.4 Å². The van der Waals surface area contributed by atoms with E-state index in [2.05, 4.69) is 71.7 Å². The number of rotatable bonds is 2. The molecule has 3 aromatic heterocycles. The number of fused-ring (bicyclic) bond motifs is 1. The number of imidazole rings is 1. The maximum absolute atomic E-state index is 4.57. The van der Waals surface area contributed by atoms with Crippen LogP contribution in [0.3, 0.4) is 0 Å². The van der Waals surface area contributed by atoms with Crippen LogP contribution >= 0.6 is 11.3 Å². The Hall–Kier alpha value is -2.46. The lowest BCUT2D eigenvalue weighted by molar-refractivity contribution is 1.18. The maximum atomic E-state index is 4.57. The van der Waals surface area contributed by atoms with Crippen LogP contribution in [0.4, 0.5) is 0 Å². The Bertz CT molecular complexity index is 1010. The Labute approximate surface area is 139 Å². The molecule has 4 rings (SSSR count). The number of aryl methyl sites for hydroxylation is 3. The fraction of sp³-hybridized carbons (Fsp3) is 0.158. The highest BCUT2D eigenvalue weighted by molar-refractivity contribution is 7.15. The zero-order valence-electron chi connectivity index (χ0n) is 13.4. The zero-order valence-corrected chi connectivity index (χ0v) is 14.2. The molecule has 4 aromatic rings. The van der Waals surface area contributed by atoms with Crippen molar-refractivity contribution in [3.63, 3.8) is 0 Å². The molecule has 0 spiro atoms. The Kier molecular flexibility index (Phi) is 3.27. The molecule has 0 aliphatic heterocycles. The van der Waals surface area contributed by atoms with E-state index in [0.29, 0.717) is 0 Å². The maximum Gasteiger partial charge on any atom is 0.144 e. The van der Waals surface area contributed by atoms with Gasteiger partial charge in [-0.2, -0.15) is 0 Å². The van der Waals surface area contributed by atoms with Crippen LogP contribution in [0.5, 0.6) is 0 Å². The van der Waals surface area contributed by atoms with Gasteiger partial charge in [-0.3, -0.25) is 0 Å². The number of hydrogen-bond donors (Lipinski definition) is 0. The number of thiazole rings is 1. The summed E-state index contributed by atoms with van der Waals surface area (Å²) in [6.07, 6.45) is 6.00. The molecule has 0 aliphatic carbocycles. The van der Waals surface area contributed by atoms with E-state index in [0.717, 1.165) is 21.9 Å². The highest BCUT2D eigenvalue weighted by atomic mass is 32.1. The topological polar surface area (TPSA) is 30.2 Å². The van der Waals surface area contributed by atoms with Gasteiger partial charge in [0, 0.05) is 29.7 Å². The Balaban J connectivity index is 2.03. The predicted octanol–water partition coefficient (Wildman–Crippen LogP) is 5.05. The van der Waals surface area contributed by atoms with E-state index in [4.69, 9.17) is 0 Å². The van der Waals surface area contributed by atoms with Crippen LogP contribution in [0, 0.1) is 20.8 Å². The summed E-state index contributed by atoms with van der Waals surface area (Å²) < 4.78 is 2.10. The van der Waals surface area contributed by atoms with Crippen molar-refractivity contribution in [3.05, 3.63) is 65.2 Å². The van der Waals surface area contributed by atoms with Crippen LogP contribution in [0.1, 0.15) is 16.3 Å². The molecule has 0 amide bonds. The Morgan fingerprint density at radius 2 is 1.87 bits per heavy atom. The van der Waals surface area contributed by atoms with Crippen molar-refractivity contribution in [2.45, 2.75) is 20.8 Å². The van der Waals surface area contributed by atoms with Gasteiger partial charge in [0.2, 0.25) is 0 Å². The van der Waals surface area contributed by atoms with Gasteiger partial charge in [-0.1, -0.05) is 24.3 Å². The van der Waals surface area contributed by atoms with E-state index in [-0.39, 0.29) is 0 Å². The Morgan fingerprint density at radius 3 is 2.61 bits per heavy atom. The van der Waals surface area contributed by atoms with E-state index in [9.17, 15) is 0 Å². The lowest BCUT2D eigenvalue weighted by atomic mass is 10.00. The quantitative estimate of drug-likeness (QED) is 0.517. The molecule has 0 bridgehead atoms. The summed E-state index contributed by atoms with van der Waals surface area (Å²) in [6, 6.07) is 10.7. The fourth-order valence-electron chi connectivity index (χ4n) is 3.03. The van der Waals surface area contributed by atoms with Gasteiger partial charge in [-0.15, -0.1) is 11.3 Å². The zero-order chi connectivity index (χ0) is 16.0. The van der Waals surface area contributed by atoms with Crippen molar-refractivity contribution < 1.29 is 0 Å². The number of nitrogens with zero attached hydrogens (tertiary/aromatic N) is 3. The summed E-state index contributed by atoms with van der Waals surface area (Å²) in [5.41, 5.74) is 6.91. The monoisotopic (exact) mass is 319 g/mol. The third-order valence-corrected chi connectivity index (χ3v) is 5.21. The van der Waals surface area contributed by atoms with Gasteiger partial charge in [-0.25, -0.2) is 9.97 Å². The van der Waals surface area contributed by atoms with Crippen LogP contribution in [-0.2, 0) is 0 Å². The number of benzene rings is 1. The number of hydrogen-bond acceptors (Lipinski definition) is 3. The van der Waals surface area contributed by atoms with E-state index in [1.807, 2.05) is 12.4 Å². The molecule has 23 heavy (non-hydrogen) atoms. The molecule has 114 valence electrons. The largest absolute Gasteiger partial charge is 0.306 e. The summed E-state index contributed by atoms with van der Waals surface area (Å²) in [5, 5.41) is 1.10. The van der Waals surface area contributed by atoms with Gasteiger partial charge in [0.05, 0.1) is 15.6 Å². The molecular formula is C19H17N3S. The second kappa shape index (κ2) is 5.32. The summed E-state index contributed by atoms with van der Waals surface area (Å²) in [4.78, 5) is 10.3. The van der Waals surface area contributed by atoms with E-state index in [1.54, 1.807) is 11.3 Å². The SMILES string of the molecule is Cc1nc(C)c(-c2cc(-c3ccccc3C)c3nccn3c2)s1. The van der Waals surface area contributed by atoms with E-state index in [1.165, 1.54) is 21.6 Å². The van der Waals surface area contributed by atoms with E-state index >= 15 is 0 Å². The first-order valence-electron chi connectivity index (χ1n) is 7.60. The Morgan fingerprint density at radius 1 is 1.04 bits per heavy atom. The minimum atomic E-state index is 0.988. The average Bonchev–Trinajstić information content (AvgIpc) is 3.12. The summed E-state index contributed by atoms with van der Waals surface area (Å²) in [6.45, 7) is 6.27. The molecule has 1 aromatic carbocycles. The minimum Gasteiger partial charge on any atom is -0.306 e. The first-order valence-corrected chi connectivity index (χ1v) is 8.42. The molecule has 3 heterocycles. The molecule has 0 aliphatic rings. The van der Waals surface area contributed by atoms with Crippen molar-refractivity contribution in [2.75, 3.05) is 0 Å². The van der Waals surface area contributed by atoms with Crippen molar-refractivity contribution in [3.8, 4) is 21.6 Å². The summed E-state index contributed by atoms with van der Waals surface area (Å²) >= 11 is 1.74. The number of pyridine rings is 1. The second-order valence-corrected chi connectivity index (χ2v) is 6.97. The lowest BCUT2D eigenvalue weighted by Crippen LogP contribution is -1.92. The van der Waals surface area contributed by atoms with Gasteiger partial charge in [-0.05, 0) is 38.0 Å². The van der Waals surface area contributed by atoms with Gasteiger partial charge in [0.15, 0.2) is 0 Å². The van der Waals surface area contributed by atoms with Crippen molar-refractivity contribution in [1.29, 1.82) is 0 Å². The first kappa shape index (κ1) is 14.2. The molecule has 0 atom stereocenters. The predicted molar refractivity (Wildman–Crippen MR) is 95.9 cm³/mol. The van der Waals surface area contributed by atoms with Crippen molar-refractivity contribution >= 4 is 17.0 Å². The molecule has 3 nitrogen and oxygen atoms in total. The van der Waals surface area contributed by atoms with Crippen LogP contribution in [0.25, 0.3) is 27.2 Å². The number of aromatic nitrogens is 3. The molecule has 4 heteroatoms. The lowest BCUT2D eigenvalue weighted by Gasteiger charge is -2.10. The molecule has 0 saturated heterocycles. The van der Waals surface area contributed by atoms with E-state index < -0.39 is 0 Å². The van der Waals surface area contributed by atoms with Crippen LogP contribution < -0.4 is 0 Å². The van der Waals surface area contributed by atoms with Crippen LogP contribution in [0.15, 0.2) is 48.9 Å². The summed E-state index contributed by atoms with van der Waals surface area (Å²) in [7, 11) is 0. The third-order valence-electron chi connectivity index (χ3n) is 4.09. The fourth-order valence-corrected chi connectivity index (χ4v) is 3.93. The van der Waals surface area contributed by atoms with Crippen LogP contribution in [0.2, 0.25) is 0 Å². The molecule has 0 fully saturated rings. The van der Waals surface area contributed by atoms with Gasteiger partial charge in [0.25, 0.3) is 0 Å². The normalized spacial score (nSPS) is 11.3. The molecule has 0 radical (unpaired) electrons. The second-order valence-electron chi connectivity index (χ2n) is 5.76. The average molecular weight is 319 g/mol. The van der Waals surface area contributed by atoms with Crippen LogP contribution in [-0.4, -0.2) is 14.4 Å². The highest BCUT2D eigenvalue weighted by Gasteiger charge is 2.14. The van der Waals surface area contributed by atoms with Gasteiger partial charge >= 0.3 is 0 Å². The first-order chi connectivity index (χ1) is 11.1. The molecule has 0 saturated carbocycles. The van der Waals surface area contributed by atoms with Crippen molar-refractivity contribution in [2.24, 2.45) is 0 Å². The van der Waals surface area contributed by atoms with Gasteiger partial charge < -0.3 is 4.40 Å². The minimum absolute atomic E-state index is 0.988. The highest BCUT2D eigenvalue weighted by Crippen LogP contribution is 2.35. The third kappa shape index (κ3) is 2.35. The summed E-state index contributed by atoms with van der Waals surface area (Å²) in [5.74, 6) is 0. The standard InChI is InChI=1S/C19H17N3S/c1-12-6-4-5-7-16(12)17-10-15(11-22-9-8-20-19(17)22)18-13(2)21-14(3)23-18/h4-11H,1-3H3. The molecular weight excluding hydrogens is 302 g/mol. The van der Waals surface area contributed by atoms with Gasteiger partial charge in [0.1, 0.15) is 5.65 Å². The molecule has 0 N–H and O–H groups in total.